The van der Waals surface area contributed by atoms with Gasteiger partial charge in [0, 0.05) is 41.4 Å². The fourth-order valence-corrected chi connectivity index (χ4v) is 6.91. The highest BCUT2D eigenvalue weighted by Crippen LogP contribution is 2.33. The van der Waals surface area contributed by atoms with Crippen LogP contribution in [0.4, 0.5) is 0 Å². The van der Waals surface area contributed by atoms with Gasteiger partial charge in [-0.15, -0.1) is 11.8 Å². The largest absolute Gasteiger partial charge is 0.463 e. The van der Waals surface area contributed by atoms with Gasteiger partial charge in [0.05, 0.1) is 12.7 Å². The second-order valence-electron chi connectivity index (χ2n) is 12.4. The Morgan fingerprint density at radius 3 is 1.77 bits per heavy atom. The topological polar surface area (TPSA) is 136 Å². The molecule has 0 aromatic rings. The van der Waals surface area contributed by atoms with Crippen molar-refractivity contribution in [2.45, 2.75) is 167 Å². The Kier molecular flexibility index (Phi) is 24.8. The molecule has 0 saturated carbocycles. The molecule has 1 rings (SSSR count). The Balaban J connectivity index is 2.47. The molecule has 0 spiro atoms. The van der Waals surface area contributed by atoms with Gasteiger partial charge in [-0.1, -0.05) is 90.4 Å². The van der Waals surface area contributed by atoms with E-state index >= 15 is 0 Å². The van der Waals surface area contributed by atoms with E-state index in [-0.39, 0.29) is 18.6 Å². The predicted molar refractivity (Wildman–Crippen MR) is 183 cm³/mol. The number of unbranched alkanes of at least 4 members (excludes halogenated alkanes) is 13. The van der Waals surface area contributed by atoms with Gasteiger partial charge in [-0.3, -0.25) is 19.2 Å². The minimum atomic E-state index is -1.10. The molecular formula is C35H63NO10S. The second-order valence-corrected chi connectivity index (χ2v) is 13.6. The van der Waals surface area contributed by atoms with Gasteiger partial charge in [0.2, 0.25) is 5.91 Å². The third-order valence-electron chi connectivity index (χ3n) is 8.07. The van der Waals surface area contributed by atoms with Crippen molar-refractivity contribution in [3.8, 4) is 0 Å². The molecule has 0 aromatic carbocycles. The molecule has 0 aliphatic carbocycles. The maximum atomic E-state index is 12.1. The van der Waals surface area contributed by atoms with Crippen LogP contribution in [0.15, 0.2) is 0 Å². The quantitative estimate of drug-likeness (QED) is 0.0593. The Labute approximate surface area is 287 Å². The summed E-state index contributed by atoms with van der Waals surface area (Å²) >= 11 is 1.40. The Hall–Kier alpha value is -1.89. The molecule has 11 nitrogen and oxygen atoms in total. The Bertz CT molecular complexity index is 875. The molecule has 1 saturated heterocycles. The van der Waals surface area contributed by atoms with Gasteiger partial charge in [0.25, 0.3) is 0 Å². The highest BCUT2D eigenvalue weighted by atomic mass is 32.2. The van der Waals surface area contributed by atoms with Crippen LogP contribution in [0.3, 0.4) is 0 Å². The van der Waals surface area contributed by atoms with E-state index in [1.165, 1.54) is 123 Å². The highest BCUT2D eigenvalue weighted by molar-refractivity contribution is 7.99. The Morgan fingerprint density at radius 1 is 0.745 bits per heavy atom. The summed E-state index contributed by atoms with van der Waals surface area (Å²) in [4.78, 5) is 47.7. The molecule has 12 heteroatoms. The van der Waals surface area contributed by atoms with Gasteiger partial charge in [-0.2, -0.15) is 0 Å². The van der Waals surface area contributed by atoms with Crippen LogP contribution < -0.4 is 5.32 Å². The minimum absolute atomic E-state index is 0.133. The van der Waals surface area contributed by atoms with Gasteiger partial charge in [-0.25, -0.2) is 0 Å². The molecule has 0 aromatic heterocycles. The first kappa shape index (κ1) is 43.1. The molecule has 1 amide bonds. The highest BCUT2D eigenvalue weighted by Gasteiger charge is 2.50. The zero-order valence-electron chi connectivity index (χ0n) is 29.9. The first-order valence-electron chi connectivity index (χ1n) is 17.7. The lowest BCUT2D eigenvalue weighted by molar-refractivity contribution is -0.211. The Morgan fingerprint density at radius 2 is 1.28 bits per heavy atom. The van der Waals surface area contributed by atoms with Crippen LogP contribution >= 0.6 is 11.8 Å². The number of ether oxygens (including phenoxy) is 6. The van der Waals surface area contributed by atoms with Crippen molar-refractivity contribution >= 4 is 35.6 Å². The van der Waals surface area contributed by atoms with E-state index in [0.717, 1.165) is 6.42 Å². The molecule has 1 heterocycles. The number of carbonyl (C=O) groups excluding carboxylic acids is 4. The number of amides is 1. The molecule has 1 aliphatic heterocycles. The summed E-state index contributed by atoms with van der Waals surface area (Å²) in [5.41, 5.74) is -0.690. The second kappa shape index (κ2) is 27.0. The van der Waals surface area contributed by atoms with Crippen molar-refractivity contribution in [1.29, 1.82) is 0 Å². The summed E-state index contributed by atoms with van der Waals surface area (Å²) in [5, 5.41) is 2.80. The van der Waals surface area contributed by atoms with Crippen LogP contribution in [0.2, 0.25) is 0 Å². The molecule has 0 bridgehead atoms. The molecule has 6 atom stereocenters. The number of thioether (sulfide) groups is 1. The van der Waals surface area contributed by atoms with Crippen LogP contribution in [0.5, 0.6) is 0 Å². The average Bonchev–Trinajstić information content (AvgIpc) is 3.00. The third kappa shape index (κ3) is 20.9. The lowest BCUT2D eigenvalue weighted by Crippen LogP contribution is -2.65. The fraction of sp³-hybridized carbons (Fsp3) is 0.886. The van der Waals surface area contributed by atoms with E-state index in [1.54, 1.807) is 7.11 Å². The number of methoxy groups -OCH3 is 1. The van der Waals surface area contributed by atoms with Crippen molar-refractivity contribution in [2.75, 3.05) is 32.7 Å². The van der Waals surface area contributed by atoms with E-state index < -0.39 is 47.7 Å². The predicted octanol–water partition coefficient (Wildman–Crippen LogP) is 6.28. The zero-order valence-corrected chi connectivity index (χ0v) is 30.7. The number of esters is 3. The monoisotopic (exact) mass is 689 g/mol. The lowest BCUT2D eigenvalue weighted by atomic mass is 9.97. The van der Waals surface area contributed by atoms with E-state index in [9.17, 15) is 19.2 Å². The lowest BCUT2D eigenvalue weighted by Gasteiger charge is -2.45. The first-order chi connectivity index (χ1) is 22.6. The SMILES string of the molecule is CCCCCCCCCCCCCCCCOC[C@H](CCS[C@@H]1OC(COC(C)=O)[C@H](OC(C)=O)[C@H](OC(C)=O)C1NC(C)=O)OC. The van der Waals surface area contributed by atoms with E-state index in [1.807, 2.05) is 0 Å². The van der Waals surface area contributed by atoms with Crippen LogP contribution in [-0.4, -0.2) is 92.4 Å². The van der Waals surface area contributed by atoms with Crippen molar-refractivity contribution in [3.63, 3.8) is 0 Å². The molecule has 2 unspecified atom stereocenters. The van der Waals surface area contributed by atoms with Crippen LogP contribution in [0.25, 0.3) is 0 Å². The van der Waals surface area contributed by atoms with Crippen molar-refractivity contribution < 1.29 is 47.6 Å². The van der Waals surface area contributed by atoms with E-state index in [0.29, 0.717) is 25.4 Å². The maximum absolute atomic E-state index is 12.1. The zero-order chi connectivity index (χ0) is 34.9. The van der Waals surface area contributed by atoms with Crippen LogP contribution in [-0.2, 0) is 47.6 Å². The van der Waals surface area contributed by atoms with Crippen molar-refractivity contribution in [3.05, 3.63) is 0 Å². The van der Waals surface area contributed by atoms with Gasteiger partial charge in [0.1, 0.15) is 24.2 Å². The summed E-state index contributed by atoms with van der Waals surface area (Å²) in [6.45, 7) is 8.25. The molecule has 1 N–H and O–H groups in total. The molecule has 1 fully saturated rings. The number of nitrogens with one attached hydrogen (secondary N) is 1. The van der Waals surface area contributed by atoms with Gasteiger partial charge in [-0.05, 0) is 18.6 Å². The van der Waals surface area contributed by atoms with E-state index in [2.05, 4.69) is 12.2 Å². The van der Waals surface area contributed by atoms with Gasteiger partial charge >= 0.3 is 17.9 Å². The standard InChI is InChI=1S/C35H63NO10S/c1-7-8-9-10-11-12-13-14-15-16-17-18-19-20-22-42-24-30(41-6)21-23-47-35-32(36-26(2)37)34(45-29(5)40)33(44-28(4)39)31(46-35)25-43-27(3)38/h30-35H,7-25H2,1-6H3,(H,36,37)/t30-,31?,32?,33-,34+,35-/m0/s1. The number of hydrogen-bond acceptors (Lipinski definition) is 11. The molecule has 1 aliphatic rings. The molecule has 47 heavy (non-hydrogen) atoms. The third-order valence-corrected chi connectivity index (χ3v) is 9.28. The summed E-state index contributed by atoms with van der Waals surface area (Å²) in [6, 6.07) is -0.822. The smallest absolute Gasteiger partial charge is 0.303 e. The van der Waals surface area contributed by atoms with Crippen LogP contribution in [0, 0.1) is 0 Å². The number of hydrogen-bond donors (Lipinski definition) is 1. The number of carbonyl (C=O) groups is 4. The maximum Gasteiger partial charge on any atom is 0.303 e. The van der Waals surface area contributed by atoms with Gasteiger partial charge < -0.3 is 33.7 Å². The summed E-state index contributed by atoms with van der Waals surface area (Å²) in [5.74, 6) is -1.58. The summed E-state index contributed by atoms with van der Waals surface area (Å²) in [7, 11) is 1.65. The molecule has 0 radical (unpaired) electrons. The van der Waals surface area contributed by atoms with Crippen LogP contribution in [0.1, 0.15) is 131 Å². The molecular weight excluding hydrogens is 626 g/mol. The van der Waals surface area contributed by atoms with Gasteiger partial charge in [0.15, 0.2) is 12.2 Å². The summed E-state index contributed by atoms with van der Waals surface area (Å²) in [6.07, 6.45) is 15.9. The minimum Gasteiger partial charge on any atom is -0.463 e. The number of rotatable bonds is 27. The van der Waals surface area contributed by atoms with Crippen molar-refractivity contribution in [1.82, 2.24) is 5.32 Å². The van der Waals surface area contributed by atoms with Crippen molar-refractivity contribution in [2.24, 2.45) is 0 Å². The molecule has 274 valence electrons. The normalized spacial score (nSPS) is 21.5. The first-order valence-corrected chi connectivity index (χ1v) is 18.8. The fourth-order valence-electron chi connectivity index (χ4n) is 5.63. The van der Waals surface area contributed by atoms with E-state index in [4.69, 9.17) is 28.4 Å². The average molecular weight is 690 g/mol. The summed E-state index contributed by atoms with van der Waals surface area (Å²) < 4.78 is 34.0.